The summed E-state index contributed by atoms with van der Waals surface area (Å²) in [7, 11) is 1.62. The second kappa shape index (κ2) is 8.17. The number of nitrogens with zero attached hydrogens (tertiary/aromatic N) is 1. The third-order valence-electron chi connectivity index (χ3n) is 4.61. The summed E-state index contributed by atoms with van der Waals surface area (Å²) in [5, 5.41) is 0. The number of methoxy groups -OCH3 is 1. The maximum Gasteiger partial charge on any atom is 0.253 e. The topological polar surface area (TPSA) is 38.8 Å². The van der Waals surface area contributed by atoms with E-state index in [0.29, 0.717) is 18.7 Å². The Kier molecular flexibility index (Phi) is 5.71. The average Bonchev–Trinajstić information content (AvgIpc) is 2.67. The van der Waals surface area contributed by atoms with Crippen LogP contribution in [-0.4, -0.2) is 37.1 Å². The molecule has 4 heteroatoms. The maximum atomic E-state index is 12.7. The lowest BCUT2D eigenvalue weighted by atomic mass is 10.1. The van der Waals surface area contributed by atoms with Crippen LogP contribution < -0.4 is 4.74 Å². The standard InChI is InChI=1S/C21H25NO3/c1-16-5-7-17(8-6-16)15-25-20-4-3-13-22(14-20)21(23)18-9-11-19(24-2)12-10-18/h5-12,20H,3-4,13-15H2,1-2H3/t20-/m0/s1. The number of benzene rings is 2. The lowest BCUT2D eigenvalue weighted by molar-refractivity contribution is -0.00673. The number of ether oxygens (including phenoxy) is 2. The molecule has 0 N–H and O–H groups in total. The first-order chi connectivity index (χ1) is 12.2. The highest BCUT2D eigenvalue weighted by Crippen LogP contribution is 2.19. The van der Waals surface area contributed by atoms with Crippen LogP contribution in [-0.2, 0) is 11.3 Å². The van der Waals surface area contributed by atoms with Gasteiger partial charge in [0.25, 0.3) is 5.91 Å². The van der Waals surface area contributed by atoms with Gasteiger partial charge in [-0.15, -0.1) is 0 Å². The Morgan fingerprint density at radius 3 is 2.52 bits per heavy atom. The van der Waals surface area contributed by atoms with Gasteiger partial charge in [0.05, 0.1) is 19.8 Å². The molecule has 3 rings (SSSR count). The van der Waals surface area contributed by atoms with Gasteiger partial charge < -0.3 is 14.4 Å². The average molecular weight is 339 g/mol. The molecule has 0 spiro atoms. The third-order valence-corrected chi connectivity index (χ3v) is 4.61. The highest BCUT2D eigenvalue weighted by Gasteiger charge is 2.25. The van der Waals surface area contributed by atoms with E-state index in [-0.39, 0.29) is 12.0 Å². The van der Waals surface area contributed by atoms with Crippen LogP contribution in [0.3, 0.4) is 0 Å². The van der Waals surface area contributed by atoms with Crippen molar-refractivity contribution in [1.82, 2.24) is 4.90 Å². The first-order valence-corrected chi connectivity index (χ1v) is 8.76. The van der Waals surface area contributed by atoms with Gasteiger partial charge in [0, 0.05) is 18.7 Å². The van der Waals surface area contributed by atoms with Gasteiger partial charge in [-0.2, -0.15) is 0 Å². The predicted molar refractivity (Wildman–Crippen MR) is 97.9 cm³/mol. The Labute approximate surface area is 149 Å². The molecule has 1 aliphatic rings. The van der Waals surface area contributed by atoms with Gasteiger partial charge in [0.2, 0.25) is 0 Å². The molecule has 0 aliphatic carbocycles. The number of carbonyl (C=O) groups excluding carboxylic acids is 1. The minimum absolute atomic E-state index is 0.0614. The molecule has 25 heavy (non-hydrogen) atoms. The Morgan fingerprint density at radius 2 is 1.84 bits per heavy atom. The molecular weight excluding hydrogens is 314 g/mol. The summed E-state index contributed by atoms with van der Waals surface area (Å²) in [6, 6.07) is 15.7. The number of aryl methyl sites for hydroxylation is 1. The lowest BCUT2D eigenvalue weighted by Crippen LogP contribution is -2.43. The highest BCUT2D eigenvalue weighted by atomic mass is 16.5. The zero-order valence-electron chi connectivity index (χ0n) is 14.9. The molecule has 1 amide bonds. The second-order valence-electron chi connectivity index (χ2n) is 6.54. The van der Waals surface area contributed by atoms with Crippen molar-refractivity contribution in [1.29, 1.82) is 0 Å². The fraction of sp³-hybridized carbons (Fsp3) is 0.381. The fourth-order valence-electron chi connectivity index (χ4n) is 3.07. The molecule has 1 aliphatic heterocycles. The van der Waals surface area contributed by atoms with Crippen molar-refractivity contribution in [3.05, 3.63) is 65.2 Å². The quantitative estimate of drug-likeness (QED) is 0.831. The zero-order chi connectivity index (χ0) is 17.6. The van der Waals surface area contributed by atoms with Gasteiger partial charge in [0.15, 0.2) is 0 Å². The van der Waals surface area contributed by atoms with E-state index in [1.54, 1.807) is 7.11 Å². The van der Waals surface area contributed by atoms with Crippen molar-refractivity contribution >= 4 is 5.91 Å². The van der Waals surface area contributed by atoms with Crippen molar-refractivity contribution < 1.29 is 14.3 Å². The minimum atomic E-state index is 0.0614. The normalized spacial score (nSPS) is 17.4. The molecule has 1 heterocycles. The first kappa shape index (κ1) is 17.5. The van der Waals surface area contributed by atoms with Crippen LogP contribution in [0.2, 0.25) is 0 Å². The number of likely N-dealkylation sites (tertiary alicyclic amines) is 1. The van der Waals surface area contributed by atoms with E-state index in [9.17, 15) is 4.79 Å². The van der Waals surface area contributed by atoms with Crippen LogP contribution >= 0.6 is 0 Å². The van der Waals surface area contributed by atoms with Crippen molar-refractivity contribution in [2.75, 3.05) is 20.2 Å². The van der Waals surface area contributed by atoms with E-state index >= 15 is 0 Å². The van der Waals surface area contributed by atoms with Gasteiger partial charge in [-0.25, -0.2) is 0 Å². The molecule has 0 radical (unpaired) electrons. The van der Waals surface area contributed by atoms with Crippen LogP contribution in [0, 0.1) is 6.92 Å². The van der Waals surface area contributed by atoms with Crippen molar-refractivity contribution in [3.63, 3.8) is 0 Å². The van der Waals surface area contributed by atoms with Crippen LogP contribution in [0.15, 0.2) is 48.5 Å². The largest absolute Gasteiger partial charge is 0.497 e. The Hall–Kier alpha value is -2.33. The maximum absolute atomic E-state index is 12.7. The van der Waals surface area contributed by atoms with Crippen LogP contribution in [0.25, 0.3) is 0 Å². The van der Waals surface area contributed by atoms with Crippen LogP contribution in [0.1, 0.15) is 34.3 Å². The number of amides is 1. The summed E-state index contributed by atoms with van der Waals surface area (Å²) >= 11 is 0. The Balaban J connectivity index is 1.56. The van der Waals surface area contributed by atoms with Crippen molar-refractivity contribution in [2.24, 2.45) is 0 Å². The van der Waals surface area contributed by atoms with E-state index in [1.807, 2.05) is 29.2 Å². The van der Waals surface area contributed by atoms with Crippen molar-refractivity contribution in [2.45, 2.75) is 32.5 Å². The number of hydrogen-bond acceptors (Lipinski definition) is 3. The number of hydrogen-bond donors (Lipinski definition) is 0. The summed E-state index contributed by atoms with van der Waals surface area (Å²) in [4.78, 5) is 14.6. The fourth-order valence-corrected chi connectivity index (χ4v) is 3.07. The summed E-state index contributed by atoms with van der Waals surface area (Å²) < 4.78 is 11.2. The van der Waals surface area contributed by atoms with Gasteiger partial charge >= 0.3 is 0 Å². The molecule has 4 nitrogen and oxygen atoms in total. The van der Waals surface area contributed by atoms with E-state index in [1.165, 1.54) is 11.1 Å². The summed E-state index contributed by atoms with van der Waals surface area (Å²) in [6.45, 7) is 4.11. The van der Waals surface area contributed by atoms with Gasteiger partial charge in [-0.1, -0.05) is 29.8 Å². The molecule has 0 bridgehead atoms. The van der Waals surface area contributed by atoms with E-state index in [2.05, 4.69) is 31.2 Å². The molecule has 1 atom stereocenters. The van der Waals surface area contributed by atoms with Crippen LogP contribution in [0.4, 0.5) is 0 Å². The predicted octanol–water partition coefficient (Wildman–Crippen LogP) is 3.83. The Morgan fingerprint density at radius 1 is 1.12 bits per heavy atom. The van der Waals surface area contributed by atoms with E-state index < -0.39 is 0 Å². The molecule has 2 aromatic carbocycles. The molecule has 0 aromatic heterocycles. The summed E-state index contributed by atoms with van der Waals surface area (Å²) in [5.41, 5.74) is 3.11. The van der Waals surface area contributed by atoms with Gasteiger partial charge in [-0.3, -0.25) is 4.79 Å². The summed E-state index contributed by atoms with van der Waals surface area (Å²) in [5.74, 6) is 0.820. The zero-order valence-corrected chi connectivity index (χ0v) is 14.9. The van der Waals surface area contributed by atoms with Gasteiger partial charge in [0.1, 0.15) is 5.75 Å². The van der Waals surface area contributed by atoms with Gasteiger partial charge in [-0.05, 0) is 49.6 Å². The number of rotatable bonds is 5. The molecule has 0 unspecified atom stereocenters. The smallest absolute Gasteiger partial charge is 0.253 e. The van der Waals surface area contributed by atoms with Crippen molar-refractivity contribution in [3.8, 4) is 5.75 Å². The number of carbonyl (C=O) groups is 1. The SMILES string of the molecule is COc1ccc(C(=O)N2CCC[C@H](OCc3ccc(C)cc3)C2)cc1. The third kappa shape index (κ3) is 4.60. The van der Waals surface area contributed by atoms with E-state index in [4.69, 9.17) is 9.47 Å². The molecule has 1 fully saturated rings. The first-order valence-electron chi connectivity index (χ1n) is 8.76. The van der Waals surface area contributed by atoms with E-state index in [0.717, 1.165) is 25.1 Å². The molecule has 0 saturated carbocycles. The molecule has 132 valence electrons. The van der Waals surface area contributed by atoms with Crippen LogP contribution in [0.5, 0.6) is 5.75 Å². The summed E-state index contributed by atoms with van der Waals surface area (Å²) in [6.07, 6.45) is 2.07. The number of piperidine rings is 1. The molecular formula is C21H25NO3. The lowest BCUT2D eigenvalue weighted by Gasteiger charge is -2.32. The second-order valence-corrected chi connectivity index (χ2v) is 6.54. The molecule has 1 saturated heterocycles. The Bertz CT molecular complexity index is 694. The molecule has 2 aromatic rings. The minimum Gasteiger partial charge on any atom is -0.497 e. The highest BCUT2D eigenvalue weighted by molar-refractivity contribution is 5.94. The monoisotopic (exact) mass is 339 g/mol.